The van der Waals surface area contributed by atoms with Gasteiger partial charge in [-0.25, -0.2) is 4.57 Å². The van der Waals surface area contributed by atoms with Crippen LogP contribution in [0.3, 0.4) is 0 Å². The van der Waals surface area contributed by atoms with E-state index in [1.54, 1.807) is 0 Å². The van der Waals surface area contributed by atoms with E-state index in [1.807, 2.05) is 0 Å². The van der Waals surface area contributed by atoms with Crippen LogP contribution in [0.5, 0.6) is 0 Å². The Kier molecular flexibility index (Phi) is 1.75. The molecule has 0 aliphatic heterocycles. The van der Waals surface area contributed by atoms with Crippen LogP contribution in [0, 0.1) is 11.5 Å². The molecular weight excluding hydrogens is 124 g/mol. The van der Waals surface area contributed by atoms with E-state index < -0.39 is 7.91 Å². The highest BCUT2D eigenvalue weighted by Crippen LogP contribution is 2.42. The van der Waals surface area contributed by atoms with E-state index in [0.29, 0.717) is 0 Å². The van der Waals surface area contributed by atoms with Gasteiger partial charge in [0.15, 0.2) is 0 Å². The second kappa shape index (κ2) is 1.92. The fourth-order valence-electron chi connectivity index (χ4n) is 0.0504. The first kappa shape index (κ1) is 6.41. The second-order valence-corrected chi connectivity index (χ2v) is 1.72. The summed E-state index contributed by atoms with van der Waals surface area (Å²) >= 11 is 0. The lowest BCUT2D eigenvalue weighted by molar-refractivity contribution is 0.311. The van der Waals surface area contributed by atoms with Gasteiger partial charge in [0.25, 0.3) is 6.26 Å². The highest BCUT2D eigenvalue weighted by Gasteiger charge is 2.16. The Hall–Kier alpha value is -0.590. The maximum absolute atomic E-state index is 11.1. The van der Waals surface area contributed by atoms with Crippen LogP contribution in [-0.2, 0) is 9.09 Å². The van der Waals surface area contributed by atoms with E-state index in [1.165, 1.54) is 0 Å². The number of hydrogen-bond acceptors (Lipinski definition) is 3. The highest BCUT2D eigenvalue weighted by atomic mass is 31.2. The molecule has 0 bridgehead atoms. The first-order chi connectivity index (χ1) is 3.06. The summed E-state index contributed by atoms with van der Waals surface area (Å²) in [6, 6.07) is 0. The molecule has 40 valence electrons. The van der Waals surface area contributed by atoms with Gasteiger partial charge in [-0.05, 0) is 0 Å². The normalized spacial score (nSPS) is 16.7. The van der Waals surface area contributed by atoms with Crippen LogP contribution in [0.1, 0.15) is 0 Å². The van der Waals surface area contributed by atoms with E-state index in [-0.39, 0.29) is 0 Å². The molecule has 1 N–H and O–H groups in total. The molecule has 0 aromatic rings. The zero-order valence-corrected chi connectivity index (χ0v) is 3.93. The molecule has 6 heteroatoms. The summed E-state index contributed by atoms with van der Waals surface area (Å²) in [7, 11) is -5.03. The van der Waals surface area contributed by atoms with E-state index in [9.17, 15) is 8.76 Å². The van der Waals surface area contributed by atoms with Crippen LogP contribution < -0.4 is 0 Å². The van der Waals surface area contributed by atoms with Crippen molar-refractivity contribution in [3.63, 3.8) is 0 Å². The van der Waals surface area contributed by atoms with E-state index in [2.05, 4.69) is 4.52 Å². The number of nitriles is 1. The fourth-order valence-corrected chi connectivity index (χ4v) is 0.151. The molecule has 1 unspecified atom stereocenters. The third-order valence-corrected chi connectivity index (χ3v) is 0.460. The van der Waals surface area contributed by atoms with Gasteiger partial charge < -0.3 is 4.52 Å². The summed E-state index contributed by atoms with van der Waals surface area (Å²) in [5, 5.41) is 7.36. The zero-order chi connectivity index (χ0) is 5.91. The Balaban J connectivity index is 3.65. The minimum atomic E-state index is -5.03. The molecule has 0 aromatic carbocycles. The third-order valence-electron chi connectivity index (χ3n) is 0.153. The van der Waals surface area contributed by atoms with Crippen molar-refractivity contribution >= 4 is 7.91 Å². The second-order valence-electron chi connectivity index (χ2n) is 0.634. The number of nitrogens with zero attached hydrogens (tertiary/aromatic N) is 1. The van der Waals surface area contributed by atoms with Crippen LogP contribution in [0.25, 0.3) is 0 Å². The Bertz CT molecular complexity index is 132. The molecule has 0 aliphatic rings. The monoisotopic (exact) mass is 125 g/mol. The largest absolute Gasteiger partial charge is 0.577 e. The first-order valence-corrected chi connectivity index (χ1v) is 2.63. The van der Waals surface area contributed by atoms with Crippen LogP contribution in [0.4, 0.5) is 4.20 Å². The molecule has 0 spiro atoms. The molecule has 0 rings (SSSR count). The minimum Gasteiger partial charge on any atom is -0.325 e. The van der Waals surface area contributed by atoms with Crippen LogP contribution >= 0.6 is 7.91 Å². The highest BCUT2D eigenvalue weighted by molar-refractivity contribution is 7.47. The number of hydrogen-bond donors (Lipinski definition) is 1. The SMILES string of the molecule is N#COP(=O)(O)F. The molecular formula is CHFNO3P. The van der Waals surface area contributed by atoms with Crippen molar-refractivity contribution in [3.8, 4) is 6.26 Å². The Morgan fingerprint density at radius 1 is 2.00 bits per heavy atom. The Morgan fingerprint density at radius 2 is 2.43 bits per heavy atom. The number of rotatable bonds is 1. The molecule has 0 aliphatic carbocycles. The Labute approximate surface area is 38.8 Å². The van der Waals surface area contributed by atoms with Gasteiger partial charge >= 0.3 is 7.91 Å². The van der Waals surface area contributed by atoms with Gasteiger partial charge in [0.2, 0.25) is 0 Å². The first-order valence-electron chi connectivity index (χ1n) is 1.16. The smallest absolute Gasteiger partial charge is 0.325 e. The van der Waals surface area contributed by atoms with Crippen molar-refractivity contribution in [1.82, 2.24) is 0 Å². The maximum atomic E-state index is 11.1. The summed E-state index contributed by atoms with van der Waals surface area (Å²) in [4.78, 5) is 7.46. The maximum Gasteiger partial charge on any atom is 0.577 e. The molecule has 0 saturated heterocycles. The predicted molar refractivity (Wildman–Crippen MR) is 17.6 cm³/mol. The van der Waals surface area contributed by atoms with Crippen molar-refractivity contribution < 1.29 is 18.2 Å². The van der Waals surface area contributed by atoms with Crippen molar-refractivity contribution in [1.29, 1.82) is 5.26 Å². The van der Waals surface area contributed by atoms with Crippen molar-refractivity contribution in [2.75, 3.05) is 0 Å². The lowest BCUT2D eigenvalue weighted by Crippen LogP contribution is -1.69. The quantitative estimate of drug-likeness (QED) is 0.410. The number of halogens is 1. The zero-order valence-electron chi connectivity index (χ0n) is 3.04. The molecule has 4 nitrogen and oxygen atoms in total. The average molecular weight is 125 g/mol. The average Bonchev–Trinajstić information content (AvgIpc) is 1.30. The van der Waals surface area contributed by atoms with Gasteiger partial charge in [-0.2, -0.15) is 0 Å². The fraction of sp³-hybridized carbons (Fsp3) is 0. The lowest BCUT2D eigenvalue weighted by atomic mass is 11.6. The molecule has 0 saturated carbocycles. The molecule has 1 atom stereocenters. The molecule has 0 fully saturated rings. The summed E-state index contributed by atoms with van der Waals surface area (Å²) in [5.74, 6) is 0. The van der Waals surface area contributed by atoms with E-state index in [0.717, 1.165) is 6.26 Å². The van der Waals surface area contributed by atoms with Gasteiger partial charge in [0.1, 0.15) is 0 Å². The van der Waals surface area contributed by atoms with Gasteiger partial charge in [0, 0.05) is 0 Å². The van der Waals surface area contributed by atoms with E-state index in [4.69, 9.17) is 10.2 Å². The summed E-state index contributed by atoms with van der Waals surface area (Å²) in [6.07, 6.45) is 0.720. The van der Waals surface area contributed by atoms with Gasteiger partial charge in [-0.3, -0.25) is 4.89 Å². The van der Waals surface area contributed by atoms with Crippen molar-refractivity contribution in [2.45, 2.75) is 0 Å². The van der Waals surface area contributed by atoms with E-state index >= 15 is 0 Å². The van der Waals surface area contributed by atoms with Gasteiger partial charge in [-0.1, -0.05) is 0 Å². The summed E-state index contributed by atoms with van der Waals surface area (Å²) in [5.41, 5.74) is 0. The molecule has 0 amide bonds. The summed E-state index contributed by atoms with van der Waals surface area (Å²) < 4.78 is 23.3. The van der Waals surface area contributed by atoms with Crippen LogP contribution in [0.15, 0.2) is 0 Å². The van der Waals surface area contributed by atoms with Crippen molar-refractivity contribution in [3.05, 3.63) is 0 Å². The minimum absolute atomic E-state index is 0.720. The van der Waals surface area contributed by atoms with Crippen molar-refractivity contribution in [2.24, 2.45) is 0 Å². The Morgan fingerprint density at radius 3 is 2.43 bits per heavy atom. The topological polar surface area (TPSA) is 70.3 Å². The molecule has 0 aromatic heterocycles. The molecule has 7 heavy (non-hydrogen) atoms. The molecule has 0 radical (unpaired) electrons. The standard InChI is InChI=1S/CHFNO3P/c2-7(4,5)6-1-3/h(H,4,5). The predicted octanol–water partition coefficient (Wildman–Crippen LogP) is 0.554. The van der Waals surface area contributed by atoms with Gasteiger partial charge in [0.05, 0.1) is 0 Å². The van der Waals surface area contributed by atoms with Crippen LogP contribution in [-0.4, -0.2) is 4.89 Å². The summed E-state index contributed by atoms with van der Waals surface area (Å²) in [6.45, 7) is 0. The van der Waals surface area contributed by atoms with Gasteiger partial charge in [-0.15, -0.1) is 9.46 Å². The lowest BCUT2D eigenvalue weighted by Gasteiger charge is -1.88. The third kappa shape index (κ3) is 5.41. The molecule has 0 heterocycles. The van der Waals surface area contributed by atoms with Crippen LogP contribution in [0.2, 0.25) is 0 Å².